The second kappa shape index (κ2) is 11.8. The summed E-state index contributed by atoms with van der Waals surface area (Å²) in [5.41, 5.74) is 8.54. The number of carbonyl (C=O) groups excluding carboxylic acids is 2. The van der Waals surface area contributed by atoms with Crippen LogP contribution in [0.25, 0.3) is 44.7 Å². The van der Waals surface area contributed by atoms with Crippen molar-refractivity contribution in [1.29, 1.82) is 0 Å². The molecule has 1 aliphatic carbocycles. The Labute approximate surface area is 256 Å². The van der Waals surface area contributed by atoms with Crippen molar-refractivity contribution in [2.45, 2.75) is 32.7 Å². The molecule has 2 heterocycles. The van der Waals surface area contributed by atoms with Crippen molar-refractivity contribution in [3.63, 3.8) is 0 Å². The van der Waals surface area contributed by atoms with Gasteiger partial charge >= 0.3 is 5.97 Å². The SMILES string of the molecule is CCn1c(-c2ccccc2)c(C(=O)COC(=O)c2c3c(nc4ccccc24)C(=Cc2ccccc2)CCC3)c2ccccc21. The van der Waals surface area contributed by atoms with Crippen LogP contribution in [-0.2, 0) is 17.7 Å². The molecule has 0 saturated heterocycles. The number of Topliss-reactive ketones (excluding diaryl/α,β-unsaturated/α-hetero) is 1. The average Bonchev–Trinajstić information content (AvgIpc) is 3.41. The Bertz CT molecular complexity index is 2060. The van der Waals surface area contributed by atoms with Gasteiger partial charge < -0.3 is 9.30 Å². The Morgan fingerprint density at radius 3 is 2.25 bits per heavy atom. The highest BCUT2D eigenvalue weighted by Crippen LogP contribution is 2.37. The summed E-state index contributed by atoms with van der Waals surface area (Å²) in [5.74, 6) is -0.716. The number of rotatable bonds is 7. The molecule has 5 nitrogen and oxygen atoms in total. The number of aryl methyl sites for hydroxylation is 1. The Kier molecular flexibility index (Phi) is 7.37. The monoisotopic (exact) mass is 576 g/mol. The summed E-state index contributed by atoms with van der Waals surface area (Å²) in [7, 11) is 0. The van der Waals surface area contributed by atoms with Crippen LogP contribution in [0, 0.1) is 0 Å². The summed E-state index contributed by atoms with van der Waals surface area (Å²) < 4.78 is 8.07. The minimum absolute atomic E-state index is 0.225. The van der Waals surface area contributed by atoms with E-state index >= 15 is 0 Å². The van der Waals surface area contributed by atoms with E-state index in [9.17, 15) is 9.59 Å². The second-order valence-electron chi connectivity index (χ2n) is 11.1. The number of pyridine rings is 1. The average molecular weight is 577 g/mol. The van der Waals surface area contributed by atoms with E-state index < -0.39 is 5.97 Å². The second-order valence-corrected chi connectivity index (χ2v) is 11.1. The van der Waals surface area contributed by atoms with Crippen LogP contribution in [0.15, 0.2) is 109 Å². The smallest absolute Gasteiger partial charge is 0.339 e. The first-order valence-corrected chi connectivity index (χ1v) is 15.2. The molecule has 4 aromatic carbocycles. The first-order chi connectivity index (χ1) is 21.6. The third kappa shape index (κ3) is 4.90. The molecule has 0 amide bonds. The molecule has 44 heavy (non-hydrogen) atoms. The lowest BCUT2D eigenvalue weighted by molar-refractivity contribution is 0.0476. The molecular weight excluding hydrogens is 544 g/mol. The van der Waals surface area contributed by atoms with Gasteiger partial charge in [0.15, 0.2) is 6.61 Å². The predicted octanol–water partition coefficient (Wildman–Crippen LogP) is 8.79. The van der Waals surface area contributed by atoms with Crippen molar-refractivity contribution in [2.75, 3.05) is 6.61 Å². The van der Waals surface area contributed by atoms with E-state index in [1.165, 1.54) is 0 Å². The van der Waals surface area contributed by atoms with E-state index in [2.05, 4.69) is 29.7 Å². The summed E-state index contributed by atoms with van der Waals surface area (Å²) in [4.78, 5) is 33.0. The Hall–Kier alpha value is -5.29. The molecule has 5 heteroatoms. The number of allylic oxidation sites excluding steroid dienone is 1. The summed E-state index contributed by atoms with van der Waals surface area (Å²) in [6, 6.07) is 35.7. The van der Waals surface area contributed by atoms with Crippen LogP contribution in [0.5, 0.6) is 0 Å². The quantitative estimate of drug-likeness (QED) is 0.141. The highest BCUT2D eigenvalue weighted by Gasteiger charge is 2.28. The van der Waals surface area contributed by atoms with Crippen molar-refractivity contribution in [2.24, 2.45) is 0 Å². The number of esters is 1. The Morgan fingerprint density at radius 2 is 1.48 bits per heavy atom. The molecule has 0 spiro atoms. The van der Waals surface area contributed by atoms with Gasteiger partial charge in [-0.2, -0.15) is 0 Å². The number of carbonyl (C=O) groups is 2. The maximum absolute atomic E-state index is 14.0. The van der Waals surface area contributed by atoms with E-state index in [4.69, 9.17) is 9.72 Å². The molecule has 216 valence electrons. The molecule has 1 aliphatic rings. The van der Waals surface area contributed by atoms with Crippen molar-refractivity contribution >= 4 is 45.2 Å². The van der Waals surface area contributed by atoms with Gasteiger partial charge in [0, 0.05) is 22.8 Å². The van der Waals surface area contributed by atoms with Gasteiger partial charge in [-0.05, 0) is 66.7 Å². The highest BCUT2D eigenvalue weighted by atomic mass is 16.5. The number of ketones is 1. The summed E-state index contributed by atoms with van der Waals surface area (Å²) in [6.07, 6.45) is 4.67. The van der Waals surface area contributed by atoms with E-state index in [0.717, 1.165) is 74.7 Å². The Morgan fingerprint density at radius 1 is 0.795 bits per heavy atom. The van der Waals surface area contributed by atoms with Gasteiger partial charge in [-0.25, -0.2) is 9.78 Å². The van der Waals surface area contributed by atoms with Crippen LogP contribution in [0.3, 0.4) is 0 Å². The van der Waals surface area contributed by atoms with Crippen molar-refractivity contribution < 1.29 is 14.3 Å². The van der Waals surface area contributed by atoms with Gasteiger partial charge in [-0.3, -0.25) is 4.79 Å². The van der Waals surface area contributed by atoms with Gasteiger partial charge in [-0.15, -0.1) is 0 Å². The summed E-state index contributed by atoms with van der Waals surface area (Å²) in [6.45, 7) is 2.42. The standard InChI is InChI=1S/C39H32N2O3/c1-2-41-33-23-12-10-20-30(33)36(38(41)27-16-7-4-8-17-27)34(42)25-44-39(43)35-29-19-9-11-22-32(29)40-37-28(18-13-21-31(35)37)24-26-14-5-3-6-15-26/h3-12,14-17,19-20,22-24H,2,13,18,21,25H2,1H3. The van der Waals surface area contributed by atoms with Crippen molar-refractivity contribution in [1.82, 2.24) is 9.55 Å². The fourth-order valence-electron chi connectivity index (χ4n) is 6.54. The molecule has 0 fully saturated rings. The molecule has 2 aromatic heterocycles. The van der Waals surface area contributed by atoms with E-state index in [1.54, 1.807) is 0 Å². The minimum Gasteiger partial charge on any atom is -0.454 e. The third-order valence-corrected chi connectivity index (χ3v) is 8.46. The van der Waals surface area contributed by atoms with Crippen LogP contribution in [0.4, 0.5) is 0 Å². The zero-order valence-corrected chi connectivity index (χ0v) is 24.6. The predicted molar refractivity (Wildman–Crippen MR) is 177 cm³/mol. The fraction of sp³-hybridized carbons (Fsp3) is 0.154. The van der Waals surface area contributed by atoms with Crippen molar-refractivity contribution in [3.05, 3.63) is 137 Å². The maximum Gasteiger partial charge on any atom is 0.339 e. The summed E-state index contributed by atoms with van der Waals surface area (Å²) >= 11 is 0. The Balaban J connectivity index is 1.27. The van der Waals surface area contributed by atoms with Crippen molar-refractivity contribution in [3.8, 4) is 11.3 Å². The van der Waals surface area contributed by atoms with Crippen LogP contribution in [0.1, 0.15) is 57.3 Å². The minimum atomic E-state index is -0.491. The molecule has 0 unspecified atom stereocenters. The number of aromatic nitrogens is 2. The van der Waals surface area contributed by atoms with Crippen LogP contribution >= 0.6 is 0 Å². The van der Waals surface area contributed by atoms with Gasteiger partial charge in [0.2, 0.25) is 5.78 Å². The van der Waals surface area contributed by atoms with Gasteiger partial charge in [-0.1, -0.05) is 97.1 Å². The molecule has 0 bridgehead atoms. The lowest BCUT2D eigenvalue weighted by Crippen LogP contribution is -2.19. The van der Waals surface area contributed by atoms with Gasteiger partial charge in [0.25, 0.3) is 0 Å². The molecule has 0 atom stereocenters. The topological polar surface area (TPSA) is 61.2 Å². The molecule has 7 rings (SSSR count). The number of ether oxygens (including phenoxy) is 1. The maximum atomic E-state index is 14.0. The van der Waals surface area contributed by atoms with Gasteiger partial charge in [0.05, 0.1) is 28.0 Å². The largest absolute Gasteiger partial charge is 0.454 e. The molecule has 0 aliphatic heterocycles. The number of nitrogens with zero attached hydrogens (tertiary/aromatic N) is 2. The zero-order chi connectivity index (χ0) is 30.0. The summed E-state index contributed by atoms with van der Waals surface area (Å²) in [5, 5.41) is 1.61. The number of fused-ring (bicyclic) bond motifs is 3. The number of hydrogen-bond donors (Lipinski definition) is 0. The van der Waals surface area contributed by atoms with Gasteiger partial charge in [0.1, 0.15) is 0 Å². The third-order valence-electron chi connectivity index (χ3n) is 8.46. The molecule has 0 N–H and O–H groups in total. The van der Waals surface area contributed by atoms with E-state index in [0.29, 0.717) is 17.7 Å². The lowest BCUT2D eigenvalue weighted by atomic mass is 9.86. The normalized spacial score (nSPS) is 13.7. The molecule has 6 aromatic rings. The van der Waals surface area contributed by atoms with Crippen LogP contribution in [0.2, 0.25) is 0 Å². The molecule has 0 saturated carbocycles. The number of hydrogen-bond acceptors (Lipinski definition) is 4. The van der Waals surface area contributed by atoms with E-state index in [-0.39, 0.29) is 12.4 Å². The first-order valence-electron chi connectivity index (χ1n) is 15.2. The number of benzene rings is 4. The number of para-hydroxylation sites is 2. The van der Waals surface area contributed by atoms with Crippen LogP contribution in [-0.4, -0.2) is 27.9 Å². The fourth-order valence-corrected chi connectivity index (χ4v) is 6.54. The highest BCUT2D eigenvalue weighted by molar-refractivity contribution is 6.15. The van der Waals surface area contributed by atoms with Crippen LogP contribution < -0.4 is 0 Å². The van der Waals surface area contributed by atoms with E-state index in [1.807, 2.05) is 97.1 Å². The zero-order valence-electron chi connectivity index (χ0n) is 24.6. The molecule has 0 radical (unpaired) electrons. The molecular formula is C39H32N2O3. The first kappa shape index (κ1) is 27.5. The lowest BCUT2D eigenvalue weighted by Gasteiger charge is -2.22.